The molecule has 1 aromatic heterocycles. The van der Waals surface area contributed by atoms with Crippen LogP contribution >= 0.6 is 12.2 Å². The fraction of sp³-hybridized carbons (Fsp3) is 0.818. The minimum absolute atomic E-state index is 0.707. The fourth-order valence-corrected chi connectivity index (χ4v) is 1.93. The maximum Gasteiger partial charge on any atom is 0.195 e. The van der Waals surface area contributed by atoms with Gasteiger partial charge in [-0.05, 0) is 37.4 Å². The maximum atomic E-state index is 5.61. The molecule has 0 bridgehead atoms. The Kier molecular flexibility index (Phi) is 4.12. The third-order valence-electron chi connectivity index (χ3n) is 2.82. The Balaban J connectivity index is 1.81. The summed E-state index contributed by atoms with van der Waals surface area (Å²) in [6.45, 7) is 4.61. The standard InChI is InChI=1S/C11H19N3OS/c1-2-3-10-12-13-11(16)14(10)6-7-15-8-9-4-5-9/h9H,2-8H2,1H3,(H,13,16). The second-order valence-corrected chi connectivity index (χ2v) is 4.75. The third kappa shape index (κ3) is 3.15. The molecule has 16 heavy (non-hydrogen) atoms. The van der Waals surface area contributed by atoms with Gasteiger partial charge in [0.2, 0.25) is 0 Å². The van der Waals surface area contributed by atoms with Gasteiger partial charge in [-0.25, -0.2) is 0 Å². The lowest BCUT2D eigenvalue weighted by atomic mass is 10.3. The Labute approximate surface area is 101 Å². The van der Waals surface area contributed by atoms with Gasteiger partial charge in [-0.3, -0.25) is 5.10 Å². The Morgan fingerprint density at radius 1 is 1.56 bits per heavy atom. The summed E-state index contributed by atoms with van der Waals surface area (Å²) in [7, 11) is 0. The largest absolute Gasteiger partial charge is 0.379 e. The van der Waals surface area contributed by atoms with Crippen molar-refractivity contribution in [3.63, 3.8) is 0 Å². The first-order valence-electron chi connectivity index (χ1n) is 6.03. The summed E-state index contributed by atoms with van der Waals surface area (Å²) in [4.78, 5) is 0. The van der Waals surface area contributed by atoms with Crippen LogP contribution in [0.3, 0.4) is 0 Å². The zero-order valence-corrected chi connectivity index (χ0v) is 10.6. The molecule has 90 valence electrons. The van der Waals surface area contributed by atoms with Crippen LogP contribution in [-0.4, -0.2) is 28.0 Å². The summed E-state index contributed by atoms with van der Waals surface area (Å²) in [5.74, 6) is 1.87. The summed E-state index contributed by atoms with van der Waals surface area (Å²) in [6.07, 6.45) is 4.73. The molecule has 0 spiro atoms. The van der Waals surface area contributed by atoms with E-state index in [0.29, 0.717) is 4.77 Å². The lowest BCUT2D eigenvalue weighted by molar-refractivity contribution is 0.116. The first-order valence-corrected chi connectivity index (χ1v) is 6.44. The molecular weight excluding hydrogens is 222 g/mol. The average molecular weight is 241 g/mol. The molecule has 0 aliphatic heterocycles. The highest BCUT2D eigenvalue weighted by molar-refractivity contribution is 7.71. The van der Waals surface area contributed by atoms with E-state index < -0.39 is 0 Å². The van der Waals surface area contributed by atoms with E-state index in [-0.39, 0.29) is 0 Å². The summed E-state index contributed by atoms with van der Waals surface area (Å²) >= 11 is 5.19. The van der Waals surface area contributed by atoms with Crippen molar-refractivity contribution in [2.24, 2.45) is 5.92 Å². The molecular formula is C11H19N3OS. The number of ether oxygens (including phenoxy) is 1. The molecule has 0 saturated heterocycles. The van der Waals surface area contributed by atoms with Crippen LogP contribution in [0.5, 0.6) is 0 Å². The van der Waals surface area contributed by atoms with Gasteiger partial charge in [0.1, 0.15) is 5.82 Å². The van der Waals surface area contributed by atoms with Crippen molar-refractivity contribution in [2.75, 3.05) is 13.2 Å². The van der Waals surface area contributed by atoms with Crippen molar-refractivity contribution in [2.45, 2.75) is 39.2 Å². The van der Waals surface area contributed by atoms with Crippen LogP contribution in [0.2, 0.25) is 0 Å². The Morgan fingerprint density at radius 3 is 3.06 bits per heavy atom. The third-order valence-corrected chi connectivity index (χ3v) is 3.13. The monoisotopic (exact) mass is 241 g/mol. The van der Waals surface area contributed by atoms with E-state index in [1.54, 1.807) is 0 Å². The second kappa shape index (κ2) is 5.59. The number of H-pyrrole nitrogens is 1. The zero-order chi connectivity index (χ0) is 11.4. The number of hydrogen-bond donors (Lipinski definition) is 1. The summed E-state index contributed by atoms with van der Waals surface area (Å²) in [5, 5.41) is 7.07. The minimum Gasteiger partial charge on any atom is -0.379 e. The maximum absolute atomic E-state index is 5.61. The van der Waals surface area contributed by atoms with Crippen LogP contribution in [0, 0.1) is 10.7 Å². The molecule has 1 aliphatic carbocycles. The summed E-state index contributed by atoms with van der Waals surface area (Å²) in [6, 6.07) is 0. The van der Waals surface area contributed by atoms with Gasteiger partial charge in [-0.2, -0.15) is 5.10 Å². The lowest BCUT2D eigenvalue weighted by Crippen LogP contribution is -2.10. The van der Waals surface area contributed by atoms with Crippen molar-refractivity contribution >= 4 is 12.2 Å². The van der Waals surface area contributed by atoms with Crippen LogP contribution in [0.25, 0.3) is 0 Å². The molecule has 1 saturated carbocycles. The molecule has 1 heterocycles. The molecule has 1 aliphatic rings. The van der Waals surface area contributed by atoms with Crippen LogP contribution in [-0.2, 0) is 17.7 Å². The Morgan fingerprint density at radius 2 is 2.38 bits per heavy atom. The van der Waals surface area contributed by atoms with Crippen LogP contribution < -0.4 is 0 Å². The molecule has 0 aromatic carbocycles. The van der Waals surface area contributed by atoms with E-state index >= 15 is 0 Å². The topological polar surface area (TPSA) is 42.8 Å². The molecule has 0 amide bonds. The summed E-state index contributed by atoms with van der Waals surface area (Å²) in [5.41, 5.74) is 0. The van der Waals surface area contributed by atoms with Crippen molar-refractivity contribution in [1.29, 1.82) is 0 Å². The molecule has 1 fully saturated rings. The first kappa shape index (κ1) is 11.8. The predicted octanol–water partition coefficient (Wildman–Crippen LogP) is 2.32. The highest BCUT2D eigenvalue weighted by Gasteiger charge is 2.20. The molecule has 0 unspecified atom stereocenters. The number of aromatic amines is 1. The molecule has 5 heteroatoms. The number of nitrogens with zero attached hydrogens (tertiary/aromatic N) is 2. The molecule has 1 aromatic rings. The molecule has 1 N–H and O–H groups in total. The number of aryl methyl sites for hydroxylation is 1. The van der Waals surface area contributed by atoms with E-state index in [2.05, 4.69) is 17.1 Å². The Bertz CT molecular complexity index is 381. The zero-order valence-electron chi connectivity index (χ0n) is 9.74. The summed E-state index contributed by atoms with van der Waals surface area (Å²) < 4.78 is 8.36. The van der Waals surface area contributed by atoms with E-state index in [0.717, 1.165) is 44.3 Å². The normalized spacial score (nSPS) is 15.6. The van der Waals surface area contributed by atoms with Crippen molar-refractivity contribution in [3.8, 4) is 0 Å². The first-order chi connectivity index (χ1) is 7.81. The molecule has 0 atom stereocenters. The number of rotatable bonds is 7. The van der Waals surface area contributed by atoms with Gasteiger partial charge in [0.15, 0.2) is 4.77 Å². The van der Waals surface area contributed by atoms with Crippen molar-refractivity contribution in [3.05, 3.63) is 10.6 Å². The van der Waals surface area contributed by atoms with Gasteiger partial charge in [0.25, 0.3) is 0 Å². The van der Waals surface area contributed by atoms with Gasteiger partial charge in [0.05, 0.1) is 6.61 Å². The van der Waals surface area contributed by atoms with Crippen molar-refractivity contribution < 1.29 is 4.74 Å². The minimum atomic E-state index is 0.707. The van der Waals surface area contributed by atoms with Gasteiger partial charge in [-0.1, -0.05) is 6.92 Å². The van der Waals surface area contributed by atoms with Gasteiger partial charge in [-0.15, -0.1) is 0 Å². The van der Waals surface area contributed by atoms with Gasteiger partial charge in [0, 0.05) is 19.6 Å². The van der Waals surface area contributed by atoms with E-state index in [1.165, 1.54) is 12.8 Å². The van der Waals surface area contributed by atoms with Crippen LogP contribution in [0.1, 0.15) is 32.0 Å². The van der Waals surface area contributed by atoms with Crippen LogP contribution in [0.4, 0.5) is 0 Å². The van der Waals surface area contributed by atoms with Gasteiger partial charge >= 0.3 is 0 Å². The van der Waals surface area contributed by atoms with E-state index in [1.807, 2.05) is 4.57 Å². The smallest absolute Gasteiger partial charge is 0.195 e. The average Bonchev–Trinajstić information content (AvgIpc) is 3.03. The van der Waals surface area contributed by atoms with Gasteiger partial charge < -0.3 is 9.30 Å². The SMILES string of the molecule is CCCc1n[nH]c(=S)n1CCOCC1CC1. The number of aromatic nitrogens is 3. The lowest BCUT2D eigenvalue weighted by Gasteiger charge is -2.06. The van der Waals surface area contributed by atoms with E-state index in [9.17, 15) is 0 Å². The van der Waals surface area contributed by atoms with Crippen molar-refractivity contribution in [1.82, 2.24) is 14.8 Å². The fourth-order valence-electron chi connectivity index (χ4n) is 1.69. The second-order valence-electron chi connectivity index (χ2n) is 4.36. The highest BCUT2D eigenvalue weighted by Crippen LogP contribution is 2.28. The molecule has 4 nitrogen and oxygen atoms in total. The Hall–Kier alpha value is -0.680. The highest BCUT2D eigenvalue weighted by atomic mass is 32.1. The number of hydrogen-bond acceptors (Lipinski definition) is 3. The number of nitrogens with one attached hydrogen (secondary N) is 1. The predicted molar refractivity (Wildman–Crippen MR) is 64.9 cm³/mol. The van der Waals surface area contributed by atoms with E-state index in [4.69, 9.17) is 17.0 Å². The quantitative estimate of drug-likeness (QED) is 0.588. The van der Waals surface area contributed by atoms with Crippen LogP contribution in [0.15, 0.2) is 0 Å². The molecule has 2 rings (SSSR count). The molecule has 0 radical (unpaired) electrons.